The van der Waals surface area contributed by atoms with Crippen LogP contribution in [0.2, 0.25) is 0 Å². The third kappa shape index (κ3) is 4.58. The molecule has 1 N–H and O–H groups in total. The Morgan fingerprint density at radius 3 is 2.24 bits per heavy atom. The van der Waals surface area contributed by atoms with Crippen LogP contribution in [-0.2, 0) is 22.4 Å². The molecular weight excluding hydrogens is 340 g/mol. The number of hydrogen-bond donors (Lipinski definition) is 1. The summed E-state index contributed by atoms with van der Waals surface area (Å²) in [5.74, 6) is 0. The topological polar surface area (TPSA) is 70.1 Å². The van der Waals surface area contributed by atoms with Crippen LogP contribution in [0.25, 0.3) is 0 Å². The fourth-order valence-corrected chi connectivity index (χ4v) is 3.10. The molecule has 1 fully saturated rings. The van der Waals surface area contributed by atoms with E-state index in [2.05, 4.69) is 4.90 Å². The first-order valence-corrected chi connectivity index (χ1v) is 9.15. The summed E-state index contributed by atoms with van der Waals surface area (Å²) in [4.78, 5) is 16.4. The maximum absolute atomic E-state index is 12.2. The van der Waals surface area contributed by atoms with Gasteiger partial charge in [-0.15, -0.1) is 0 Å². The Balaban J connectivity index is 1.49. The lowest BCUT2D eigenvalue weighted by molar-refractivity contribution is 0.0942. The highest BCUT2D eigenvalue weighted by atomic mass is 32.2. The average molecular weight is 360 g/mol. The first-order chi connectivity index (χ1) is 12.1. The standard InChI is InChI=1S/C18H20N2O4S/c21-18(24-14-15-4-2-1-3-5-15)20-12-10-19(11-13-20)16-6-8-17(9-7-16)25(22)23/h1-9H,10-14H2,(H,22,23). The Labute approximate surface area is 149 Å². The summed E-state index contributed by atoms with van der Waals surface area (Å²) in [7, 11) is 0. The highest BCUT2D eigenvalue weighted by Crippen LogP contribution is 2.19. The van der Waals surface area contributed by atoms with Gasteiger partial charge in [0.15, 0.2) is 11.1 Å². The van der Waals surface area contributed by atoms with Crippen LogP contribution in [0.5, 0.6) is 0 Å². The number of ether oxygens (including phenoxy) is 1. The minimum absolute atomic E-state index is 0.277. The van der Waals surface area contributed by atoms with Crippen LogP contribution >= 0.6 is 0 Å². The van der Waals surface area contributed by atoms with E-state index < -0.39 is 11.1 Å². The lowest BCUT2D eigenvalue weighted by atomic mass is 10.2. The van der Waals surface area contributed by atoms with Crippen molar-refractivity contribution < 1.29 is 18.3 Å². The van der Waals surface area contributed by atoms with Gasteiger partial charge in [0.1, 0.15) is 6.61 Å². The first-order valence-electron chi connectivity index (χ1n) is 8.05. The van der Waals surface area contributed by atoms with Crippen LogP contribution in [0, 0.1) is 0 Å². The highest BCUT2D eigenvalue weighted by Gasteiger charge is 2.22. The zero-order chi connectivity index (χ0) is 17.6. The molecule has 2 aromatic rings. The van der Waals surface area contributed by atoms with E-state index in [0.717, 1.165) is 11.3 Å². The van der Waals surface area contributed by atoms with E-state index >= 15 is 0 Å². The molecule has 132 valence electrons. The molecule has 6 nitrogen and oxygen atoms in total. The summed E-state index contributed by atoms with van der Waals surface area (Å²) >= 11 is -1.96. The van der Waals surface area contributed by atoms with Gasteiger partial charge in [0.2, 0.25) is 0 Å². The maximum atomic E-state index is 12.2. The Kier molecular flexibility index (Phi) is 5.67. The zero-order valence-electron chi connectivity index (χ0n) is 13.7. The molecule has 1 heterocycles. The van der Waals surface area contributed by atoms with Crippen LogP contribution in [0.1, 0.15) is 5.56 Å². The number of hydrogen-bond acceptors (Lipinski definition) is 4. The largest absolute Gasteiger partial charge is 0.445 e. The fourth-order valence-electron chi connectivity index (χ4n) is 2.73. The van der Waals surface area contributed by atoms with E-state index in [9.17, 15) is 9.00 Å². The summed E-state index contributed by atoms with van der Waals surface area (Å²) in [5.41, 5.74) is 1.95. The number of piperazine rings is 1. The monoisotopic (exact) mass is 360 g/mol. The van der Waals surface area contributed by atoms with Crippen molar-refractivity contribution in [2.45, 2.75) is 11.5 Å². The Morgan fingerprint density at radius 2 is 1.64 bits per heavy atom. The van der Waals surface area contributed by atoms with Gasteiger partial charge in [0, 0.05) is 31.9 Å². The number of benzene rings is 2. The third-order valence-electron chi connectivity index (χ3n) is 4.15. The summed E-state index contributed by atoms with van der Waals surface area (Å²) in [6.07, 6.45) is -0.297. The minimum atomic E-state index is -1.96. The van der Waals surface area contributed by atoms with Gasteiger partial charge in [-0.2, -0.15) is 0 Å². The van der Waals surface area contributed by atoms with Crippen LogP contribution in [0.3, 0.4) is 0 Å². The van der Waals surface area contributed by atoms with Crippen molar-refractivity contribution >= 4 is 22.9 Å². The molecule has 0 aromatic heterocycles. The van der Waals surface area contributed by atoms with Gasteiger partial charge in [-0.05, 0) is 29.8 Å². The molecule has 1 atom stereocenters. The molecule has 2 aromatic carbocycles. The molecule has 0 aliphatic carbocycles. The van der Waals surface area contributed by atoms with E-state index in [0.29, 0.717) is 31.1 Å². The van der Waals surface area contributed by atoms with E-state index in [1.807, 2.05) is 42.5 Å². The molecular formula is C18H20N2O4S. The highest BCUT2D eigenvalue weighted by molar-refractivity contribution is 7.79. The molecule has 0 spiro atoms. The van der Waals surface area contributed by atoms with Gasteiger partial charge < -0.3 is 19.1 Å². The second kappa shape index (κ2) is 8.13. The predicted octanol–water partition coefficient (Wildman–Crippen LogP) is 2.73. The Hall–Kier alpha value is -2.38. The zero-order valence-corrected chi connectivity index (χ0v) is 14.5. The molecule has 0 saturated carbocycles. The van der Waals surface area contributed by atoms with Gasteiger partial charge in [-0.3, -0.25) is 0 Å². The molecule has 25 heavy (non-hydrogen) atoms. The van der Waals surface area contributed by atoms with Crippen molar-refractivity contribution in [2.75, 3.05) is 31.1 Å². The van der Waals surface area contributed by atoms with E-state index in [-0.39, 0.29) is 12.7 Å². The molecule has 1 saturated heterocycles. The SMILES string of the molecule is O=C(OCc1ccccc1)N1CCN(c2ccc(S(=O)O)cc2)CC1. The van der Waals surface area contributed by atoms with E-state index in [4.69, 9.17) is 9.29 Å². The third-order valence-corrected chi connectivity index (χ3v) is 4.82. The van der Waals surface area contributed by atoms with Gasteiger partial charge >= 0.3 is 6.09 Å². The molecule has 0 radical (unpaired) electrons. The van der Waals surface area contributed by atoms with E-state index in [1.54, 1.807) is 17.0 Å². The van der Waals surface area contributed by atoms with Crippen LogP contribution in [0.15, 0.2) is 59.5 Å². The van der Waals surface area contributed by atoms with Crippen LogP contribution in [-0.4, -0.2) is 45.9 Å². The van der Waals surface area contributed by atoms with Gasteiger partial charge in [-0.25, -0.2) is 9.00 Å². The van der Waals surface area contributed by atoms with E-state index in [1.165, 1.54) is 0 Å². The average Bonchev–Trinajstić information content (AvgIpc) is 2.67. The predicted molar refractivity (Wildman–Crippen MR) is 95.9 cm³/mol. The Bertz CT molecular complexity index is 729. The van der Waals surface area contributed by atoms with Gasteiger partial charge in [0.25, 0.3) is 0 Å². The molecule has 1 unspecified atom stereocenters. The van der Waals surface area contributed by atoms with Gasteiger partial charge in [0.05, 0.1) is 4.90 Å². The lowest BCUT2D eigenvalue weighted by Crippen LogP contribution is -2.48. The van der Waals surface area contributed by atoms with Crippen molar-refractivity contribution in [1.82, 2.24) is 4.90 Å². The maximum Gasteiger partial charge on any atom is 0.410 e. The molecule has 7 heteroatoms. The number of anilines is 1. The summed E-state index contributed by atoms with van der Waals surface area (Å²) in [6.45, 7) is 2.84. The van der Waals surface area contributed by atoms with Crippen molar-refractivity contribution in [1.29, 1.82) is 0 Å². The van der Waals surface area contributed by atoms with Crippen LogP contribution in [0.4, 0.5) is 10.5 Å². The number of nitrogens with zero attached hydrogens (tertiary/aromatic N) is 2. The smallest absolute Gasteiger partial charge is 0.410 e. The number of rotatable bonds is 4. The second-order valence-electron chi connectivity index (χ2n) is 5.76. The second-order valence-corrected chi connectivity index (χ2v) is 6.73. The summed E-state index contributed by atoms with van der Waals surface area (Å²) < 4.78 is 25.4. The van der Waals surface area contributed by atoms with Crippen molar-refractivity contribution in [3.63, 3.8) is 0 Å². The number of amides is 1. The van der Waals surface area contributed by atoms with Crippen molar-refractivity contribution in [2.24, 2.45) is 0 Å². The first kappa shape index (κ1) is 17.4. The number of carbonyl (C=O) groups is 1. The quantitative estimate of drug-likeness (QED) is 0.849. The molecule has 0 bridgehead atoms. The normalized spacial score (nSPS) is 15.7. The lowest BCUT2D eigenvalue weighted by Gasteiger charge is -2.35. The Morgan fingerprint density at radius 1 is 1.00 bits per heavy atom. The van der Waals surface area contributed by atoms with Crippen molar-refractivity contribution in [3.8, 4) is 0 Å². The molecule has 1 aliphatic heterocycles. The summed E-state index contributed by atoms with van der Waals surface area (Å²) in [6, 6.07) is 16.6. The molecule has 3 rings (SSSR count). The summed E-state index contributed by atoms with van der Waals surface area (Å²) in [5, 5.41) is 0. The molecule has 1 amide bonds. The fraction of sp³-hybridized carbons (Fsp3) is 0.278. The number of carbonyl (C=O) groups excluding carboxylic acids is 1. The minimum Gasteiger partial charge on any atom is -0.445 e. The van der Waals surface area contributed by atoms with Gasteiger partial charge in [-0.1, -0.05) is 30.3 Å². The van der Waals surface area contributed by atoms with Crippen LogP contribution < -0.4 is 4.90 Å². The van der Waals surface area contributed by atoms with Crippen molar-refractivity contribution in [3.05, 3.63) is 60.2 Å². The molecule has 1 aliphatic rings.